The lowest BCUT2D eigenvalue weighted by Gasteiger charge is -2.29. The minimum Gasteiger partial charge on any atom is -0.481 e. The van der Waals surface area contributed by atoms with Gasteiger partial charge in [0.15, 0.2) is 5.78 Å². The molecular formula is C39H47N3O7. The number of benzene rings is 2. The third-order valence-electron chi connectivity index (χ3n) is 10.0. The van der Waals surface area contributed by atoms with Gasteiger partial charge in [-0.1, -0.05) is 67.5 Å². The number of imidazole rings is 1. The van der Waals surface area contributed by atoms with Crippen molar-refractivity contribution in [2.45, 2.75) is 103 Å². The molecular weight excluding hydrogens is 622 g/mol. The molecule has 1 aromatic heterocycles. The fourth-order valence-electron chi connectivity index (χ4n) is 7.40. The number of carboxylic acids is 1. The SMILES string of the molecule is CC(C)(C)OC(=O)C[C@H]1CCCCC/C=C\[C@H]2C[C@@]2(C(=O)O)CC(=O)[C@@H]2C[C@@H](Oc3nc4ccccc4n3Cc3ccccc3)CN2C1=O. The summed E-state index contributed by atoms with van der Waals surface area (Å²) in [6.07, 6.45) is 7.53. The van der Waals surface area contributed by atoms with Gasteiger partial charge in [0.1, 0.15) is 11.7 Å². The summed E-state index contributed by atoms with van der Waals surface area (Å²) < 4.78 is 14.2. The number of carbonyl (C=O) groups is 4. The van der Waals surface area contributed by atoms with E-state index in [0.717, 1.165) is 42.3 Å². The normalized spacial score (nSPS) is 27.0. The minimum absolute atomic E-state index is 0.0903. The highest BCUT2D eigenvalue weighted by Crippen LogP contribution is 2.57. The second kappa shape index (κ2) is 14.2. The first-order valence-corrected chi connectivity index (χ1v) is 17.5. The molecule has 6 rings (SSSR count). The first-order chi connectivity index (χ1) is 23.4. The van der Waals surface area contributed by atoms with E-state index in [2.05, 4.69) is 0 Å². The van der Waals surface area contributed by atoms with Crippen LogP contribution in [-0.4, -0.2) is 67.5 Å². The lowest BCUT2D eigenvalue weighted by molar-refractivity contribution is -0.159. The Kier molecular flexibility index (Phi) is 9.95. The van der Waals surface area contributed by atoms with Crippen molar-refractivity contribution >= 4 is 34.7 Å². The Bertz CT molecular complexity index is 1720. The lowest BCUT2D eigenvalue weighted by Crippen LogP contribution is -2.45. The van der Waals surface area contributed by atoms with Crippen molar-refractivity contribution in [3.05, 3.63) is 72.3 Å². The molecule has 3 heterocycles. The second-order valence-electron chi connectivity index (χ2n) is 14.9. The van der Waals surface area contributed by atoms with Gasteiger partial charge in [-0.3, -0.25) is 23.7 Å². The van der Waals surface area contributed by atoms with Crippen molar-refractivity contribution in [3.63, 3.8) is 0 Å². The Morgan fingerprint density at radius 2 is 1.78 bits per heavy atom. The number of allylic oxidation sites excluding steroid dienone is 2. The zero-order chi connectivity index (χ0) is 34.8. The number of amides is 1. The van der Waals surface area contributed by atoms with Crippen LogP contribution < -0.4 is 4.74 Å². The van der Waals surface area contributed by atoms with E-state index < -0.39 is 41.0 Å². The number of esters is 1. The summed E-state index contributed by atoms with van der Waals surface area (Å²) in [6.45, 7) is 6.02. The van der Waals surface area contributed by atoms with Crippen LogP contribution in [0.25, 0.3) is 11.0 Å². The Morgan fingerprint density at radius 3 is 2.53 bits per heavy atom. The van der Waals surface area contributed by atoms with Crippen LogP contribution in [0.4, 0.5) is 0 Å². The topological polar surface area (TPSA) is 128 Å². The maximum atomic E-state index is 14.4. The molecule has 0 spiro atoms. The van der Waals surface area contributed by atoms with Gasteiger partial charge >= 0.3 is 11.9 Å². The van der Waals surface area contributed by atoms with Crippen molar-refractivity contribution in [2.75, 3.05) is 6.54 Å². The van der Waals surface area contributed by atoms with Gasteiger partial charge in [0.2, 0.25) is 5.91 Å². The first-order valence-electron chi connectivity index (χ1n) is 17.5. The summed E-state index contributed by atoms with van der Waals surface area (Å²) in [5.41, 5.74) is 0.865. The monoisotopic (exact) mass is 669 g/mol. The summed E-state index contributed by atoms with van der Waals surface area (Å²) in [6, 6.07) is 17.3. The van der Waals surface area contributed by atoms with E-state index in [1.807, 2.05) is 71.3 Å². The quantitative estimate of drug-likeness (QED) is 0.228. The molecule has 1 amide bonds. The number of Topliss-reactive ketones (excluding diaryl/α,β-unsaturated/α-hetero) is 1. The van der Waals surface area contributed by atoms with Crippen LogP contribution in [-0.2, 0) is 30.5 Å². The van der Waals surface area contributed by atoms with Gasteiger partial charge in [0.05, 0.1) is 42.0 Å². The molecule has 5 atom stereocenters. The van der Waals surface area contributed by atoms with E-state index in [4.69, 9.17) is 14.5 Å². The van der Waals surface area contributed by atoms with Crippen LogP contribution in [0.2, 0.25) is 0 Å². The Morgan fingerprint density at radius 1 is 1.02 bits per heavy atom. The molecule has 0 unspecified atom stereocenters. The average Bonchev–Trinajstić information content (AvgIpc) is 3.41. The first kappa shape index (κ1) is 34.4. The van der Waals surface area contributed by atoms with Crippen molar-refractivity contribution in [1.29, 1.82) is 0 Å². The summed E-state index contributed by atoms with van der Waals surface area (Å²) in [5.74, 6) is -2.91. The molecule has 0 radical (unpaired) electrons. The highest BCUT2D eigenvalue weighted by molar-refractivity contribution is 5.95. The van der Waals surface area contributed by atoms with E-state index in [1.165, 1.54) is 0 Å². The van der Waals surface area contributed by atoms with E-state index in [9.17, 15) is 24.3 Å². The number of aromatic nitrogens is 2. The third-order valence-corrected chi connectivity index (χ3v) is 10.0. The number of ketones is 1. The van der Waals surface area contributed by atoms with E-state index >= 15 is 0 Å². The second-order valence-corrected chi connectivity index (χ2v) is 14.9. The molecule has 3 aliphatic rings. The summed E-state index contributed by atoms with van der Waals surface area (Å²) in [5, 5.41) is 10.2. The number of nitrogens with zero attached hydrogens (tertiary/aromatic N) is 3. The molecule has 1 aliphatic carbocycles. The number of hydrogen-bond acceptors (Lipinski definition) is 7. The van der Waals surface area contributed by atoms with Gasteiger partial charge < -0.3 is 19.5 Å². The zero-order valence-electron chi connectivity index (χ0n) is 28.7. The predicted octanol–water partition coefficient (Wildman–Crippen LogP) is 6.35. The maximum Gasteiger partial charge on any atom is 0.310 e. The number of ether oxygens (including phenoxy) is 2. The van der Waals surface area contributed by atoms with E-state index in [1.54, 1.807) is 25.7 Å². The number of carboxylic acid groups (broad SMARTS) is 1. The largest absolute Gasteiger partial charge is 0.481 e. The fraction of sp³-hybridized carbons (Fsp3) is 0.513. The minimum atomic E-state index is -1.17. The van der Waals surface area contributed by atoms with Gasteiger partial charge in [-0.25, -0.2) is 0 Å². The van der Waals surface area contributed by atoms with Crippen LogP contribution in [0.3, 0.4) is 0 Å². The number of hydrogen-bond donors (Lipinski definition) is 1. The van der Waals surface area contributed by atoms with Crippen LogP contribution in [0.1, 0.15) is 84.1 Å². The third kappa shape index (κ3) is 7.89. The molecule has 10 heteroatoms. The Labute approximate surface area is 287 Å². The van der Waals surface area contributed by atoms with Gasteiger partial charge in [-0.05, 0) is 70.1 Å². The molecule has 1 N–H and O–H groups in total. The molecule has 2 aromatic carbocycles. The number of para-hydroxylation sites is 2. The number of fused-ring (bicyclic) bond motifs is 3. The highest BCUT2D eigenvalue weighted by atomic mass is 16.6. The van der Waals surface area contributed by atoms with Crippen molar-refractivity contribution in [1.82, 2.24) is 14.5 Å². The number of rotatable bonds is 7. The van der Waals surface area contributed by atoms with Crippen molar-refractivity contribution in [2.24, 2.45) is 17.3 Å². The Hall–Kier alpha value is -4.47. The maximum absolute atomic E-state index is 14.4. The molecule has 1 saturated carbocycles. The smallest absolute Gasteiger partial charge is 0.310 e. The molecule has 2 aliphatic heterocycles. The summed E-state index contributed by atoms with van der Waals surface area (Å²) in [4.78, 5) is 60.5. The van der Waals surface area contributed by atoms with Crippen LogP contribution in [0.15, 0.2) is 66.7 Å². The highest BCUT2D eigenvalue weighted by Gasteiger charge is 2.61. The van der Waals surface area contributed by atoms with Gasteiger partial charge in [-0.2, -0.15) is 4.98 Å². The molecule has 49 heavy (non-hydrogen) atoms. The summed E-state index contributed by atoms with van der Waals surface area (Å²) >= 11 is 0. The molecule has 1 saturated heterocycles. The Balaban J connectivity index is 1.31. The zero-order valence-corrected chi connectivity index (χ0v) is 28.7. The predicted molar refractivity (Wildman–Crippen MR) is 184 cm³/mol. The fourth-order valence-corrected chi connectivity index (χ4v) is 7.40. The lowest BCUT2D eigenvalue weighted by atomic mass is 9.91. The molecule has 2 fully saturated rings. The van der Waals surface area contributed by atoms with Crippen LogP contribution in [0, 0.1) is 17.3 Å². The van der Waals surface area contributed by atoms with Gasteiger partial charge in [-0.15, -0.1) is 0 Å². The van der Waals surface area contributed by atoms with Gasteiger partial charge in [0.25, 0.3) is 6.01 Å². The van der Waals surface area contributed by atoms with E-state index in [0.29, 0.717) is 25.4 Å². The average molecular weight is 670 g/mol. The van der Waals surface area contributed by atoms with Crippen molar-refractivity contribution < 1.29 is 33.8 Å². The van der Waals surface area contributed by atoms with Crippen LogP contribution >= 0.6 is 0 Å². The molecule has 260 valence electrons. The summed E-state index contributed by atoms with van der Waals surface area (Å²) in [7, 11) is 0. The van der Waals surface area contributed by atoms with Crippen LogP contribution in [0.5, 0.6) is 6.01 Å². The van der Waals surface area contributed by atoms with Crippen molar-refractivity contribution in [3.8, 4) is 6.01 Å². The van der Waals surface area contributed by atoms with E-state index in [-0.39, 0.29) is 43.4 Å². The van der Waals surface area contributed by atoms with Gasteiger partial charge in [0, 0.05) is 18.8 Å². The number of aliphatic carboxylic acids is 1. The standard InChI is InChI=1S/C39H47N3O7/c1-38(2,3)49-34(44)20-27-16-10-5-4-6-11-17-28-22-39(28,36(46)47)23-33(43)32-21-29(25-41(32)35(27)45)48-37-40-30-18-12-13-19-31(30)42(37)24-26-14-8-7-9-15-26/h7-9,11-15,17-19,27-29,32H,4-6,10,16,20-25H2,1-3H3,(H,46,47)/b17-11-/t27-,28+,29-,32+,39-/m1/s1. The number of carbonyl (C=O) groups excluding carboxylic acids is 3. The molecule has 3 aromatic rings. The molecule has 10 nitrogen and oxygen atoms in total. The molecule has 0 bridgehead atoms.